The fourth-order valence-corrected chi connectivity index (χ4v) is 1.99. The van der Waals surface area contributed by atoms with Crippen molar-refractivity contribution in [2.45, 2.75) is 18.8 Å². The minimum Gasteiger partial charge on any atom is -0.397 e. The third-order valence-corrected chi connectivity index (χ3v) is 3.21. The zero-order valence-electron chi connectivity index (χ0n) is 9.03. The SMILES string of the molecule is Nc1cc(Cl)c(F)cc1-n1ccc(C2CC2)n1. The molecule has 0 radical (unpaired) electrons. The van der Waals surface area contributed by atoms with Gasteiger partial charge in [-0.15, -0.1) is 0 Å². The van der Waals surface area contributed by atoms with E-state index in [9.17, 15) is 4.39 Å². The van der Waals surface area contributed by atoms with E-state index in [1.165, 1.54) is 25.0 Å². The standard InChI is InChI=1S/C12H11ClFN3/c13-8-5-10(15)12(6-9(8)14)17-4-3-11(16-17)7-1-2-7/h3-7H,1-2,15H2. The molecular formula is C12H11ClFN3. The number of rotatable bonds is 2. The van der Waals surface area contributed by atoms with Crippen molar-refractivity contribution in [3.63, 3.8) is 0 Å². The van der Waals surface area contributed by atoms with Crippen molar-refractivity contribution in [2.75, 3.05) is 5.73 Å². The van der Waals surface area contributed by atoms with Crippen LogP contribution < -0.4 is 5.73 Å². The van der Waals surface area contributed by atoms with Crippen LogP contribution in [0.5, 0.6) is 0 Å². The maximum Gasteiger partial charge on any atom is 0.144 e. The fourth-order valence-electron chi connectivity index (χ4n) is 1.82. The van der Waals surface area contributed by atoms with Crippen molar-refractivity contribution in [3.8, 4) is 5.69 Å². The number of anilines is 1. The Labute approximate surface area is 103 Å². The van der Waals surface area contributed by atoms with Gasteiger partial charge >= 0.3 is 0 Å². The van der Waals surface area contributed by atoms with Gasteiger partial charge in [-0.1, -0.05) is 11.6 Å². The van der Waals surface area contributed by atoms with E-state index in [0.717, 1.165) is 5.69 Å². The van der Waals surface area contributed by atoms with E-state index >= 15 is 0 Å². The molecule has 0 saturated heterocycles. The van der Waals surface area contributed by atoms with E-state index in [-0.39, 0.29) is 5.02 Å². The van der Waals surface area contributed by atoms with Gasteiger partial charge in [0.2, 0.25) is 0 Å². The van der Waals surface area contributed by atoms with Gasteiger partial charge in [0, 0.05) is 18.2 Å². The van der Waals surface area contributed by atoms with Crippen LogP contribution in [0.1, 0.15) is 24.5 Å². The number of hydrogen-bond donors (Lipinski definition) is 1. The van der Waals surface area contributed by atoms with Gasteiger partial charge in [0.05, 0.1) is 22.1 Å². The third kappa shape index (κ3) is 1.89. The average Bonchev–Trinajstić information content (AvgIpc) is 3.03. The van der Waals surface area contributed by atoms with Crippen LogP contribution in [-0.2, 0) is 0 Å². The quantitative estimate of drug-likeness (QED) is 0.834. The zero-order chi connectivity index (χ0) is 12.0. The first-order valence-electron chi connectivity index (χ1n) is 5.45. The van der Waals surface area contributed by atoms with Gasteiger partial charge in [-0.25, -0.2) is 9.07 Å². The predicted molar refractivity (Wildman–Crippen MR) is 64.9 cm³/mol. The molecule has 1 heterocycles. The van der Waals surface area contributed by atoms with Crippen LogP contribution in [0, 0.1) is 5.82 Å². The van der Waals surface area contributed by atoms with Crippen LogP contribution in [0.15, 0.2) is 24.4 Å². The lowest BCUT2D eigenvalue weighted by molar-refractivity contribution is 0.626. The largest absolute Gasteiger partial charge is 0.397 e. The van der Waals surface area contributed by atoms with Crippen molar-refractivity contribution < 1.29 is 4.39 Å². The third-order valence-electron chi connectivity index (χ3n) is 2.92. The molecule has 5 heteroatoms. The molecule has 0 aliphatic heterocycles. The second-order valence-corrected chi connectivity index (χ2v) is 4.69. The summed E-state index contributed by atoms with van der Waals surface area (Å²) in [5, 5.41) is 4.43. The van der Waals surface area contributed by atoms with Gasteiger partial charge in [0.15, 0.2) is 0 Å². The average molecular weight is 252 g/mol. The van der Waals surface area contributed by atoms with E-state index in [1.54, 1.807) is 10.9 Å². The summed E-state index contributed by atoms with van der Waals surface area (Å²) in [6.07, 6.45) is 4.16. The summed E-state index contributed by atoms with van der Waals surface area (Å²) in [5.41, 5.74) is 7.80. The number of nitrogens with two attached hydrogens (primary N) is 1. The lowest BCUT2D eigenvalue weighted by Gasteiger charge is -2.06. The topological polar surface area (TPSA) is 43.8 Å². The molecule has 1 saturated carbocycles. The molecule has 2 N–H and O–H groups in total. The number of hydrogen-bond acceptors (Lipinski definition) is 2. The summed E-state index contributed by atoms with van der Waals surface area (Å²) in [7, 11) is 0. The molecule has 1 aliphatic rings. The number of halogens is 2. The molecule has 1 aliphatic carbocycles. The molecule has 3 nitrogen and oxygen atoms in total. The molecule has 0 atom stereocenters. The maximum absolute atomic E-state index is 13.4. The van der Waals surface area contributed by atoms with Crippen LogP contribution in [0.2, 0.25) is 5.02 Å². The monoisotopic (exact) mass is 251 g/mol. The van der Waals surface area contributed by atoms with Crippen LogP contribution in [0.25, 0.3) is 5.69 Å². The zero-order valence-corrected chi connectivity index (χ0v) is 9.78. The van der Waals surface area contributed by atoms with E-state index in [2.05, 4.69) is 5.10 Å². The highest BCUT2D eigenvalue weighted by Crippen LogP contribution is 2.39. The molecule has 88 valence electrons. The Morgan fingerprint density at radius 1 is 1.41 bits per heavy atom. The van der Waals surface area contributed by atoms with Crippen LogP contribution in [0.3, 0.4) is 0 Å². The summed E-state index contributed by atoms with van der Waals surface area (Å²) in [5.74, 6) is 0.0777. The minimum absolute atomic E-state index is 0.0285. The highest BCUT2D eigenvalue weighted by atomic mass is 35.5. The first kappa shape index (κ1) is 10.6. The highest BCUT2D eigenvalue weighted by Gasteiger charge is 2.26. The lowest BCUT2D eigenvalue weighted by atomic mass is 10.2. The van der Waals surface area contributed by atoms with Crippen LogP contribution in [-0.4, -0.2) is 9.78 Å². The molecule has 1 fully saturated rings. The molecule has 1 aromatic heterocycles. The molecule has 0 unspecified atom stereocenters. The van der Waals surface area contributed by atoms with Crippen molar-refractivity contribution in [1.29, 1.82) is 0 Å². The Bertz CT molecular complexity index is 575. The van der Waals surface area contributed by atoms with E-state index < -0.39 is 5.82 Å². The van der Waals surface area contributed by atoms with Gasteiger partial charge in [-0.3, -0.25) is 0 Å². The summed E-state index contributed by atoms with van der Waals surface area (Å²) < 4.78 is 15.0. The van der Waals surface area contributed by atoms with Crippen molar-refractivity contribution in [2.24, 2.45) is 0 Å². The summed E-state index contributed by atoms with van der Waals surface area (Å²) in [6, 6.07) is 4.66. The second kappa shape index (κ2) is 3.74. The van der Waals surface area contributed by atoms with E-state index in [1.807, 2.05) is 6.07 Å². The Hall–Kier alpha value is -1.55. The molecule has 0 amide bonds. The van der Waals surface area contributed by atoms with E-state index in [4.69, 9.17) is 17.3 Å². The smallest absolute Gasteiger partial charge is 0.144 e. The molecular weight excluding hydrogens is 241 g/mol. The maximum atomic E-state index is 13.4. The molecule has 0 spiro atoms. The Morgan fingerprint density at radius 2 is 2.18 bits per heavy atom. The molecule has 3 rings (SSSR count). The summed E-state index contributed by atoms with van der Waals surface area (Å²) in [4.78, 5) is 0. The minimum atomic E-state index is -0.487. The van der Waals surface area contributed by atoms with Gasteiger partial charge in [-0.05, 0) is 25.0 Å². The van der Waals surface area contributed by atoms with E-state index in [0.29, 0.717) is 17.3 Å². The summed E-state index contributed by atoms with van der Waals surface area (Å²) >= 11 is 5.65. The first-order valence-corrected chi connectivity index (χ1v) is 5.83. The first-order chi connectivity index (χ1) is 8.15. The molecule has 2 aromatic rings. The molecule has 0 bridgehead atoms. The predicted octanol–water partition coefficient (Wildman–Crippen LogP) is 3.12. The van der Waals surface area contributed by atoms with Gasteiger partial charge < -0.3 is 5.73 Å². The van der Waals surface area contributed by atoms with Crippen LogP contribution in [0.4, 0.5) is 10.1 Å². The fraction of sp³-hybridized carbons (Fsp3) is 0.250. The number of aromatic nitrogens is 2. The molecule has 1 aromatic carbocycles. The van der Waals surface area contributed by atoms with Gasteiger partial charge in [0.25, 0.3) is 0 Å². The normalized spacial score (nSPS) is 15.2. The Morgan fingerprint density at radius 3 is 2.88 bits per heavy atom. The lowest BCUT2D eigenvalue weighted by Crippen LogP contribution is -2.02. The van der Waals surface area contributed by atoms with Gasteiger partial charge in [0.1, 0.15) is 5.82 Å². The number of benzene rings is 1. The summed E-state index contributed by atoms with van der Waals surface area (Å²) in [6.45, 7) is 0. The van der Waals surface area contributed by atoms with Gasteiger partial charge in [-0.2, -0.15) is 5.10 Å². The Balaban J connectivity index is 2.04. The molecule has 17 heavy (non-hydrogen) atoms. The number of nitrogens with zero attached hydrogens (tertiary/aromatic N) is 2. The Kier molecular flexibility index (Phi) is 2.33. The van der Waals surface area contributed by atoms with Crippen molar-refractivity contribution in [3.05, 3.63) is 40.9 Å². The number of nitrogen functional groups attached to an aromatic ring is 1. The second-order valence-electron chi connectivity index (χ2n) is 4.28. The van der Waals surface area contributed by atoms with Crippen molar-refractivity contribution in [1.82, 2.24) is 9.78 Å². The van der Waals surface area contributed by atoms with Crippen molar-refractivity contribution >= 4 is 17.3 Å². The highest BCUT2D eigenvalue weighted by molar-refractivity contribution is 6.31. The van der Waals surface area contributed by atoms with Crippen LogP contribution >= 0.6 is 11.6 Å².